The van der Waals surface area contributed by atoms with E-state index >= 15 is 0 Å². The van der Waals surface area contributed by atoms with Crippen LogP contribution in [0.1, 0.15) is 24.8 Å². The first-order chi connectivity index (χ1) is 10.2. The van der Waals surface area contributed by atoms with Crippen molar-refractivity contribution in [1.29, 1.82) is 0 Å². The Labute approximate surface area is 124 Å². The molecule has 2 aliphatic heterocycles. The molecule has 0 saturated carbocycles. The molecule has 4 heteroatoms. The highest BCUT2D eigenvalue weighted by Crippen LogP contribution is 2.33. The molecule has 1 unspecified atom stereocenters. The van der Waals surface area contributed by atoms with Gasteiger partial charge in [-0.1, -0.05) is 30.3 Å². The average Bonchev–Trinajstić information content (AvgIpc) is 2.99. The van der Waals surface area contributed by atoms with E-state index in [4.69, 9.17) is 4.74 Å². The van der Waals surface area contributed by atoms with Crippen LogP contribution < -0.4 is 0 Å². The first-order valence-corrected chi connectivity index (χ1v) is 7.39. The summed E-state index contributed by atoms with van der Waals surface area (Å²) in [5.74, 6) is -0.0623. The van der Waals surface area contributed by atoms with Crippen molar-refractivity contribution in [2.24, 2.45) is 0 Å². The summed E-state index contributed by atoms with van der Waals surface area (Å²) < 4.78 is 5.65. The molecule has 0 radical (unpaired) electrons. The quantitative estimate of drug-likeness (QED) is 0.781. The third-order valence-corrected chi connectivity index (χ3v) is 4.26. The van der Waals surface area contributed by atoms with Crippen molar-refractivity contribution in [1.82, 2.24) is 4.90 Å². The highest BCUT2D eigenvalue weighted by atomic mass is 16.5. The van der Waals surface area contributed by atoms with Gasteiger partial charge in [-0.3, -0.25) is 9.59 Å². The third-order valence-electron chi connectivity index (χ3n) is 4.26. The van der Waals surface area contributed by atoms with Crippen molar-refractivity contribution < 1.29 is 14.3 Å². The Bertz CT molecular complexity index is 559. The van der Waals surface area contributed by atoms with E-state index in [1.807, 2.05) is 30.3 Å². The Morgan fingerprint density at radius 2 is 2.05 bits per heavy atom. The lowest BCUT2D eigenvalue weighted by Gasteiger charge is -2.36. The van der Waals surface area contributed by atoms with Gasteiger partial charge in [-0.2, -0.15) is 0 Å². The largest absolute Gasteiger partial charge is 0.367 e. The number of carbonyl (C=O) groups is 2. The van der Waals surface area contributed by atoms with Crippen molar-refractivity contribution in [3.05, 3.63) is 42.0 Å². The molecule has 2 heterocycles. The number of hydrogen-bond acceptors (Lipinski definition) is 3. The van der Waals surface area contributed by atoms with Gasteiger partial charge in [-0.05, 0) is 24.5 Å². The standard InChI is InChI=1S/C17H19NO3/c19-15-13-18(11-10-17(15)9-4-12-21-17)16(20)8-7-14-5-2-1-3-6-14/h1-3,5-8H,4,9-13H2. The van der Waals surface area contributed by atoms with Gasteiger partial charge in [0.15, 0.2) is 5.78 Å². The molecule has 4 nitrogen and oxygen atoms in total. The number of nitrogens with zero attached hydrogens (tertiary/aromatic N) is 1. The minimum absolute atomic E-state index is 0.0488. The van der Waals surface area contributed by atoms with E-state index < -0.39 is 5.60 Å². The van der Waals surface area contributed by atoms with Gasteiger partial charge in [0.25, 0.3) is 0 Å². The van der Waals surface area contributed by atoms with Crippen LogP contribution in [0.2, 0.25) is 0 Å². The van der Waals surface area contributed by atoms with E-state index in [2.05, 4.69) is 0 Å². The Balaban J connectivity index is 1.62. The zero-order chi connectivity index (χ0) is 14.7. The molecule has 21 heavy (non-hydrogen) atoms. The summed E-state index contributed by atoms with van der Waals surface area (Å²) >= 11 is 0. The maximum Gasteiger partial charge on any atom is 0.246 e. The number of ketones is 1. The van der Waals surface area contributed by atoms with Gasteiger partial charge < -0.3 is 9.64 Å². The van der Waals surface area contributed by atoms with Gasteiger partial charge in [0, 0.05) is 25.6 Å². The number of rotatable bonds is 2. The zero-order valence-corrected chi connectivity index (χ0v) is 12.0. The van der Waals surface area contributed by atoms with Gasteiger partial charge in [0.2, 0.25) is 5.91 Å². The fraction of sp³-hybridized carbons (Fsp3) is 0.412. The molecule has 3 rings (SSSR count). The Morgan fingerprint density at radius 1 is 1.24 bits per heavy atom. The predicted octanol–water partition coefficient (Wildman–Crippen LogP) is 2.05. The molecular weight excluding hydrogens is 266 g/mol. The molecule has 0 aromatic heterocycles. The second-order valence-corrected chi connectivity index (χ2v) is 5.62. The van der Waals surface area contributed by atoms with E-state index in [-0.39, 0.29) is 18.2 Å². The topological polar surface area (TPSA) is 46.6 Å². The summed E-state index contributed by atoms with van der Waals surface area (Å²) in [7, 11) is 0. The van der Waals surface area contributed by atoms with E-state index in [0.717, 1.165) is 18.4 Å². The average molecular weight is 285 g/mol. The molecule has 1 amide bonds. The highest BCUT2D eigenvalue weighted by molar-refractivity contribution is 5.98. The number of benzene rings is 1. The van der Waals surface area contributed by atoms with Crippen LogP contribution in [0.25, 0.3) is 6.08 Å². The molecule has 0 N–H and O–H groups in total. The van der Waals surface area contributed by atoms with E-state index in [1.165, 1.54) is 6.08 Å². The zero-order valence-electron chi connectivity index (χ0n) is 12.0. The van der Waals surface area contributed by atoms with Gasteiger partial charge in [0.1, 0.15) is 5.60 Å². The van der Waals surface area contributed by atoms with Crippen LogP contribution in [0.15, 0.2) is 36.4 Å². The van der Waals surface area contributed by atoms with Crippen LogP contribution in [0.5, 0.6) is 0 Å². The monoisotopic (exact) mass is 285 g/mol. The van der Waals surface area contributed by atoms with E-state index in [1.54, 1.807) is 11.0 Å². The summed E-state index contributed by atoms with van der Waals surface area (Å²) in [6.07, 6.45) is 5.68. The Morgan fingerprint density at radius 3 is 2.71 bits per heavy atom. The van der Waals surface area contributed by atoms with Gasteiger partial charge in [-0.25, -0.2) is 0 Å². The Hall–Kier alpha value is -1.94. The fourth-order valence-electron chi connectivity index (χ4n) is 2.99. The Kier molecular flexibility index (Phi) is 3.88. The first-order valence-electron chi connectivity index (χ1n) is 7.39. The molecule has 110 valence electrons. The molecule has 0 bridgehead atoms. The van der Waals surface area contributed by atoms with Crippen LogP contribution in [-0.2, 0) is 14.3 Å². The van der Waals surface area contributed by atoms with Crippen molar-refractivity contribution in [2.45, 2.75) is 24.9 Å². The molecule has 1 spiro atoms. The minimum atomic E-state index is -0.597. The molecule has 2 fully saturated rings. The number of hydrogen-bond donors (Lipinski definition) is 0. The van der Waals surface area contributed by atoms with Crippen LogP contribution in [0.4, 0.5) is 0 Å². The molecule has 0 aliphatic carbocycles. The molecule has 1 aromatic carbocycles. The summed E-state index contributed by atoms with van der Waals surface area (Å²) in [6.45, 7) is 1.41. The SMILES string of the molecule is O=C(C=Cc1ccccc1)N1CCC2(CCCO2)C(=O)C1. The predicted molar refractivity (Wildman–Crippen MR) is 79.6 cm³/mol. The smallest absolute Gasteiger partial charge is 0.246 e. The lowest BCUT2D eigenvalue weighted by atomic mass is 9.87. The lowest BCUT2D eigenvalue weighted by Crippen LogP contribution is -2.53. The van der Waals surface area contributed by atoms with Crippen LogP contribution in [0, 0.1) is 0 Å². The van der Waals surface area contributed by atoms with Crippen molar-refractivity contribution >= 4 is 17.8 Å². The number of likely N-dealkylation sites (tertiary alicyclic amines) is 1. The highest BCUT2D eigenvalue weighted by Gasteiger charge is 2.46. The maximum absolute atomic E-state index is 12.3. The summed E-state index contributed by atoms with van der Waals surface area (Å²) in [5.41, 5.74) is 0.379. The number of piperidine rings is 1. The second-order valence-electron chi connectivity index (χ2n) is 5.62. The number of carbonyl (C=O) groups excluding carboxylic acids is 2. The number of Topliss-reactive ketones (excluding diaryl/α,β-unsaturated/α-hetero) is 1. The molecule has 1 aromatic rings. The summed E-state index contributed by atoms with van der Waals surface area (Å²) in [4.78, 5) is 26.0. The van der Waals surface area contributed by atoms with Gasteiger partial charge in [-0.15, -0.1) is 0 Å². The van der Waals surface area contributed by atoms with Crippen molar-refractivity contribution in [3.63, 3.8) is 0 Å². The minimum Gasteiger partial charge on any atom is -0.367 e. The van der Waals surface area contributed by atoms with E-state index in [0.29, 0.717) is 19.6 Å². The fourth-order valence-corrected chi connectivity index (χ4v) is 2.99. The normalized spacial score (nSPS) is 25.9. The van der Waals surface area contributed by atoms with Crippen LogP contribution in [-0.4, -0.2) is 41.9 Å². The first kappa shape index (κ1) is 14.0. The summed E-state index contributed by atoms with van der Waals surface area (Å²) in [5, 5.41) is 0. The molecular formula is C17H19NO3. The van der Waals surface area contributed by atoms with E-state index in [9.17, 15) is 9.59 Å². The third kappa shape index (κ3) is 2.90. The van der Waals surface area contributed by atoms with Crippen LogP contribution in [0.3, 0.4) is 0 Å². The van der Waals surface area contributed by atoms with Crippen molar-refractivity contribution in [3.8, 4) is 0 Å². The maximum atomic E-state index is 12.3. The summed E-state index contributed by atoms with van der Waals surface area (Å²) in [6, 6.07) is 9.66. The van der Waals surface area contributed by atoms with Gasteiger partial charge >= 0.3 is 0 Å². The molecule has 2 aliphatic rings. The van der Waals surface area contributed by atoms with Crippen LogP contribution >= 0.6 is 0 Å². The van der Waals surface area contributed by atoms with Gasteiger partial charge in [0.05, 0.1) is 6.54 Å². The number of amides is 1. The lowest BCUT2D eigenvalue weighted by molar-refractivity contribution is -0.151. The molecule has 1 atom stereocenters. The van der Waals surface area contributed by atoms with Crippen molar-refractivity contribution in [2.75, 3.05) is 19.7 Å². The number of ether oxygens (including phenoxy) is 1. The molecule has 2 saturated heterocycles. The second kappa shape index (κ2) is 5.82.